The second-order valence-corrected chi connectivity index (χ2v) is 4.99. The van der Waals surface area contributed by atoms with Crippen LogP contribution in [0.5, 0.6) is 11.5 Å². The fraction of sp³-hybridized carbons (Fsp3) is 0. The predicted molar refractivity (Wildman–Crippen MR) is 60.0 cm³/mol. The molecule has 0 heterocycles. The van der Waals surface area contributed by atoms with Crippen LogP contribution >= 0.6 is 11.8 Å². The summed E-state index contributed by atoms with van der Waals surface area (Å²) >= 11 is -0.714. The molecule has 124 valence electrons. The molecule has 0 aromatic heterocycles. The van der Waals surface area contributed by atoms with Crippen molar-refractivity contribution in [1.82, 2.24) is 0 Å². The van der Waals surface area contributed by atoms with Gasteiger partial charge in [0.15, 0.2) is 34.8 Å². The molecular formula is C12H2F8O2S. The van der Waals surface area contributed by atoms with Gasteiger partial charge in [0.1, 0.15) is 0 Å². The molecule has 0 aliphatic rings. The zero-order chi connectivity index (χ0) is 17.6. The van der Waals surface area contributed by atoms with Gasteiger partial charge >= 0.3 is 0 Å². The number of hydrogen-bond acceptors (Lipinski definition) is 3. The molecular weight excluding hydrogens is 360 g/mol. The van der Waals surface area contributed by atoms with Crippen LogP contribution in [0, 0.1) is 46.5 Å². The van der Waals surface area contributed by atoms with Gasteiger partial charge in [-0.05, 0) is 0 Å². The molecule has 2 aromatic rings. The molecule has 0 saturated carbocycles. The Morgan fingerprint density at radius 2 is 0.652 bits per heavy atom. The summed E-state index contributed by atoms with van der Waals surface area (Å²) in [6.07, 6.45) is 0. The van der Waals surface area contributed by atoms with Gasteiger partial charge < -0.3 is 10.2 Å². The standard InChI is InChI=1S/C12H2F8O2S/c13-1-5(17)11(6(18)2(14)9(1)21)23-12-7(19)3(15)10(22)4(16)8(12)20/h21-22H. The zero-order valence-electron chi connectivity index (χ0n) is 10.3. The van der Waals surface area contributed by atoms with Crippen molar-refractivity contribution in [2.75, 3.05) is 0 Å². The molecule has 2 nitrogen and oxygen atoms in total. The molecule has 0 radical (unpaired) electrons. The van der Waals surface area contributed by atoms with E-state index in [1.54, 1.807) is 0 Å². The first-order valence-corrected chi connectivity index (χ1v) is 6.18. The largest absolute Gasteiger partial charge is 0.503 e. The van der Waals surface area contributed by atoms with E-state index in [0.29, 0.717) is 0 Å². The molecule has 0 spiro atoms. The average molecular weight is 362 g/mol. The van der Waals surface area contributed by atoms with Crippen LogP contribution in [0.25, 0.3) is 0 Å². The van der Waals surface area contributed by atoms with Crippen molar-refractivity contribution in [1.29, 1.82) is 0 Å². The van der Waals surface area contributed by atoms with Crippen molar-refractivity contribution < 1.29 is 45.3 Å². The van der Waals surface area contributed by atoms with Crippen molar-refractivity contribution in [2.45, 2.75) is 9.79 Å². The molecule has 11 heteroatoms. The first-order valence-electron chi connectivity index (χ1n) is 5.37. The lowest BCUT2D eigenvalue weighted by molar-refractivity contribution is 0.341. The van der Waals surface area contributed by atoms with Gasteiger partial charge in [0.25, 0.3) is 0 Å². The highest BCUT2D eigenvalue weighted by molar-refractivity contribution is 7.99. The Bertz CT molecular complexity index is 698. The van der Waals surface area contributed by atoms with Crippen molar-refractivity contribution in [2.24, 2.45) is 0 Å². The smallest absolute Gasteiger partial charge is 0.204 e. The van der Waals surface area contributed by atoms with Crippen LogP contribution in [0.3, 0.4) is 0 Å². The molecule has 2 N–H and O–H groups in total. The monoisotopic (exact) mass is 362 g/mol. The summed E-state index contributed by atoms with van der Waals surface area (Å²) in [7, 11) is 0. The number of aromatic hydroxyl groups is 2. The number of phenolic OH excluding ortho intramolecular Hbond substituents is 2. The van der Waals surface area contributed by atoms with Gasteiger partial charge in [-0.2, -0.15) is 17.6 Å². The summed E-state index contributed by atoms with van der Waals surface area (Å²) in [6, 6.07) is 0. The number of halogens is 8. The maximum Gasteiger partial charge on any atom is 0.204 e. The molecule has 0 atom stereocenters. The van der Waals surface area contributed by atoms with Gasteiger partial charge in [-0.25, -0.2) is 17.6 Å². The minimum absolute atomic E-state index is 0.714. The molecule has 2 rings (SSSR count). The minimum Gasteiger partial charge on any atom is -0.503 e. The van der Waals surface area contributed by atoms with E-state index in [4.69, 9.17) is 10.2 Å². The summed E-state index contributed by atoms with van der Waals surface area (Å²) in [6.45, 7) is 0. The second-order valence-electron chi connectivity index (χ2n) is 3.97. The summed E-state index contributed by atoms with van der Waals surface area (Å²) < 4.78 is 107. The van der Waals surface area contributed by atoms with E-state index < -0.39 is 79.6 Å². The summed E-state index contributed by atoms with van der Waals surface area (Å²) in [4.78, 5) is -3.39. The number of benzene rings is 2. The summed E-state index contributed by atoms with van der Waals surface area (Å²) in [5, 5.41) is 17.5. The van der Waals surface area contributed by atoms with Crippen LogP contribution in [0.1, 0.15) is 0 Å². The molecule has 0 unspecified atom stereocenters. The molecule has 0 amide bonds. The Labute approximate surface area is 126 Å². The lowest BCUT2D eigenvalue weighted by atomic mass is 10.3. The van der Waals surface area contributed by atoms with Crippen molar-refractivity contribution in [3.63, 3.8) is 0 Å². The third-order valence-corrected chi connectivity index (χ3v) is 3.73. The second kappa shape index (κ2) is 5.80. The van der Waals surface area contributed by atoms with Crippen molar-refractivity contribution in [3.05, 3.63) is 46.5 Å². The Balaban J connectivity index is 2.71. The number of hydrogen-bond donors (Lipinski definition) is 2. The van der Waals surface area contributed by atoms with Crippen LogP contribution in [0.2, 0.25) is 0 Å². The Morgan fingerprint density at radius 3 is 0.870 bits per heavy atom. The molecule has 0 saturated heterocycles. The Kier molecular flexibility index (Phi) is 4.33. The average Bonchev–Trinajstić information content (AvgIpc) is 2.54. The van der Waals surface area contributed by atoms with Gasteiger partial charge in [0.05, 0.1) is 9.79 Å². The first kappa shape index (κ1) is 17.2. The lowest BCUT2D eigenvalue weighted by Gasteiger charge is -2.11. The van der Waals surface area contributed by atoms with Crippen LogP contribution < -0.4 is 0 Å². The first-order chi connectivity index (χ1) is 10.6. The molecule has 0 aliphatic heterocycles. The van der Waals surface area contributed by atoms with Crippen LogP contribution in [0.15, 0.2) is 9.79 Å². The van der Waals surface area contributed by atoms with E-state index in [9.17, 15) is 35.1 Å². The van der Waals surface area contributed by atoms with Gasteiger partial charge in [-0.1, -0.05) is 11.8 Å². The van der Waals surface area contributed by atoms with Crippen molar-refractivity contribution in [3.8, 4) is 11.5 Å². The van der Waals surface area contributed by atoms with E-state index in [1.165, 1.54) is 0 Å². The Hall–Kier alpha value is -2.17. The molecule has 0 fully saturated rings. The Morgan fingerprint density at radius 1 is 0.435 bits per heavy atom. The lowest BCUT2D eigenvalue weighted by Crippen LogP contribution is -2.02. The molecule has 0 bridgehead atoms. The van der Waals surface area contributed by atoms with Crippen molar-refractivity contribution >= 4 is 11.8 Å². The highest BCUT2D eigenvalue weighted by atomic mass is 32.2. The van der Waals surface area contributed by atoms with Gasteiger partial charge in [0, 0.05) is 0 Å². The number of rotatable bonds is 2. The maximum absolute atomic E-state index is 13.5. The molecule has 2 aromatic carbocycles. The normalized spacial score (nSPS) is 11.1. The summed E-state index contributed by atoms with van der Waals surface area (Å²) in [5.41, 5.74) is 0. The van der Waals surface area contributed by atoms with E-state index in [-0.39, 0.29) is 0 Å². The molecule has 23 heavy (non-hydrogen) atoms. The van der Waals surface area contributed by atoms with Gasteiger partial charge in [-0.15, -0.1) is 0 Å². The fourth-order valence-electron chi connectivity index (χ4n) is 1.48. The van der Waals surface area contributed by atoms with E-state index in [0.717, 1.165) is 0 Å². The third kappa shape index (κ3) is 2.54. The SMILES string of the molecule is Oc1c(F)c(F)c(Sc2c(F)c(F)c(O)c(F)c2F)c(F)c1F. The van der Waals surface area contributed by atoms with Gasteiger partial charge in [0.2, 0.25) is 23.3 Å². The quantitative estimate of drug-likeness (QED) is 0.616. The van der Waals surface area contributed by atoms with Gasteiger partial charge in [-0.3, -0.25) is 0 Å². The van der Waals surface area contributed by atoms with E-state index >= 15 is 0 Å². The highest BCUT2D eigenvalue weighted by Gasteiger charge is 2.31. The zero-order valence-corrected chi connectivity index (χ0v) is 11.1. The number of phenols is 2. The summed E-state index contributed by atoms with van der Waals surface area (Å²) in [5.74, 6) is -22.1. The third-order valence-electron chi connectivity index (χ3n) is 2.60. The molecule has 0 aliphatic carbocycles. The van der Waals surface area contributed by atoms with Crippen LogP contribution in [-0.2, 0) is 0 Å². The maximum atomic E-state index is 13.5. The van der Waals surface area contributed by atoms with E-state index in [2.05, 4.69) is 0 Å². The van der Waals surface area contributed by atoms with Crippen LogP contribution in [-0.4, -0.2) is 10.2 Å². The van der Waals surface area contributed by atoms with Crippen LogP contribution in [0.4, 0.5) is 35.1 Å². The van der Waals surface area contributed by atoms with E-state index in [1.807, 2.05) is 0 Å². The minimum atomic E-state index is -2.27. The highest BCUT2D eigenvalue weighted by Crippen LogP contribution is 2.42. The fourth-order valence-corrected chi connectivity index (χ4v) is 2.40. The predicted octanol–water partition coefficient (Wildman–Crippen LogP) is 4.36. The topological polar surface area (TPSA) is 40.5 Å².